The number of fused-ring (bicyclic) bond motifs is 1. The first-order valence-electron chi connectivity index (χ1n) is 11.1. The number of phenolic OH excluding ortho intramolecular Hbond substituents is 1. The minimum atomic E-state index is -5.25. The first-order valence-corrected chi connectivity index (χ1v) is 15.4. The number of nitrogens with zero attached hydrogens (tertiary/aromatic N) is 2. The smallest absolute Gasteiger partial charge is 0.296 e. The van der Waals surface area contributed by atoms with Gasteiger partial charge in [-0.1, -0.05) is 48.5 Å². The predicted molar refractivity (Wildman–Crippen MR) is 145 cm³/mol. The molecule has 4 N–H and O–H groups in total. The van der Waals surface area contributed by atoms with Crippen LogP contribution < -0.4 is 0 Å². The first-order chi connectivity index (χ1) is 19.1. The van der Waals surface area contributed by atoms with E-state index in [1.54, 1.807) is 48.5 Å². The van der Waals surface area contributed by atoms with E-state index >= 15 is 0 Å². The number of carbonyl (C=O) groups is 1. The fourth-order valence-electron chi connectivity index (χ4n) is 3.70. The van der Waals surface area contributed by atoms with Gasteiger partial charge in [-0.3, -0.25) is 18.5 Å². The van der Waals surface area contributed by atoms with Gasteiger partial charge in [-0.25, -0.2) is 0 Å². The number of benzene rings is 4. The van der Waals surface area contributed by atoms with Crippen molar-refractivity contribution in [3.8, 4) is 5.75 Å². The van der Waals surface area contributed by atoms with E-state index in [4.69, 9.17) is 0 Å². The van der Waals surface area contributed by atoms with Gasteiger partial charge >= 0.3 is 0 Å². The third-order valence-electron chi connectivity index (χ3n) is 5.58. The number of allylic oxidation sites excluding steroid dienone is 1. The molecule has 0 heterocycles. The lowest BCUT2D eigenvalue weighted by atomic mass is 10.1. The van der Waals surface area contributed by atoms with E-state index in [1.807, 2.05) is 0 Å². The zero-order valence-electron chi connectivity index (χ0n) is 20.3. The maximum atomic E-state index is 12.2. The fraction of sp³-hybridized carbons (Fsp3) is 0. The molecule has 0 spiro atoms. The molecule has 4 rings (SSSR count). The van der Waals surface area contributed by atoms with Crippen molar-refractivity contribution in [3.05, 3.63) is 90.0 Å². The van der Waals surface area contributed by atoms with Crippen molar-refractivity contribution in [1.82, 2.24) is 0 Å². The van der Waals surface area contributed by atoms with Gasteiger partial charge in [0, 0.05) is 10.9 Å². The molecular formula is C25H18N2O11S3. The van der Waals surface area contributed by atoms with Gasteiger partial charge < -0.3 is 5.11 Å². The molecule has 0 fully saturated rings. The second-order valence-corrected chi connectivity index (χ2v) is 12.6. The third kappa shape index (κ3) is 6.71. The van der Waals surface area contributed by atoms with Gasteiger partial charge in [0.05, 0.1) is 10.6 Å². The Balaban J connectivity index is 1.78. The van der Waals surface area contributed by atoms with Crippen molar-refractivity contribution in [3.63, 3.8) is 0 Å². The van der Waals surface area contributed by atoms with Crippen LogP contribution in [0.5, 0.6) is 5.75 Å². The van der Waals surface area contributed by atoms with Gasteiger partial charge in [0.25, 0.3) is 30.4 Å². The predicted octanol–water partition coefficient (Wildman–Crippen LogP) is 4.60. The fourth-order valence-corrected chi connectivity index (χ4v) is 5.72. The van der Waals surface area contributed by atoms with Gasteiger partial charge in [0.15, 0.2) is 11.5 Å². The Morgan fingerprint density at radius 2 is 1.32 bits per heavy atom. The standard InChI is InChI=1S/C25H18N2O11S3/c28-20(16-4-2-1-3-5-16)11-8-15-6-9-18(10-7-15)26-27-24-22(41(36,37)38)13-17-12-19(39(30,31)32)14-21(40(33,34)35)23(17)25(24)29/h1-14,29H,(H,30,31,32)(H,33,34,35)(H,36,37,38)/b11-8+,27-26?. The number of azo groups is 1. The van der Waals surface area contributed by atoms with E-state index in [2.05, 4.69) is 10.2 Å². The Bertz CT molecular complexity index is 2070. The van der Waals surface area contributed by atoms with E-state index in [0.717, 1.165) is 0 Å². The maximum Gasteiger partial charge on any atom is 0.296 e. The van der Waals surface area contributed by atoms with E-state index in [-0.39, 0.29) is 11.5 Å². The molecule has 0 aliphatic carbocycles. The van der Waals surface area contributed by atoms with Gasteiger partial charge in [-0.05, 0) is 47.4 Å². The highest BCUT2D eigenvalue weighted by atomic mass is 32.2. The molecule has 13 nitrogen and oxygen atoms in total. The molecule has 0 bridgehead atoms. The summed E-state index contributed by atoms with van der Waals surface area (Å²) in [4.78, 5) is 8.90. The number of rotatable bonds is 8. The molecule has 0 radical (unpaired) electrons. The largest absolute Gasteiger partial charge is 0.505 e. The quantitative estimate of drug-likeness (QED) is 0.0923. The molecule has 0 amide bonds. The van der Waals surface area contributed by atoms with Crippen LogP contribution in [0.25, 0.3) is 16.8 Å². The molecule has 0 saturated carbocycles. The summed E-state index contributed by atoms with van der Waals surface area (Å²) in [5, 5.41) is 16.9. The van der Waals surface area contributed by atoms with E-state index < -0.39 is 67.3 Å². The number of carbonyl (C=O) groups excluding carboxylic acids is 1. The number of hydrogen-bond donors (Lipinski definition) is 4. The molecule has 0 atom stereocenters. The van der Waals surface area contributed by atoms with E-state index in [1.165, 1.54) is 18.2 Å². The topological polar surface area (TPSA) is 225 Å². The van der Waals surface area contributed by atoms with E-state index in [0.29, 0.717) is 29.3 Å². The summed E-state index contributed by atoms with van der Waals surface area (Å²) in [5.41, 5.74) is 0.259. The Labute approximate surface area is 233 Å². The Morgan fingerprint density at radius 1 is 0.707 bits per heavy atom. The van der Waals surface area contributed by atoms with Crippen molar-refractivity contribution in [2.45, 2.75) is 14.7 Å². The molecule has 0 aliphatic heterocycles. The highest BCUT2D eigenvalue weighted by Crippen LogP contribution is 2.44. The number of aromatic hydroxyl groups is 1. The number of hydrogen-bond acceptors (Lipinski definition) is 10. The average Bonchev–Trinajstić information content (AvgIpc) is 2.90. The second kappa shape index (κ2) is 10.9. The lowest BCUT2D eigenvalue weighted by Crippen LogP contribution is -2.06. The summed E-state index contributed by atoms with van der Waals surface area (Å²) in [6, 6.07) is 16.0. The molecule has 41 heavy (non-hydrogen) atoms. The summed E-state index contributed by atoms with van der Waals surface area (Å²) in [5.74, 6) is -1.42. The summed E-state index contributed by atoms with van der Waals surface area (Å²) in [6.45, 7) is 0. The third-order valence-corrected chi connectivity index (χ3v) is 8.16. The van der Waals surface area contributed by atoms with Crippen LogP contribution in [-0.2, 0) is 30.4 Å². The average molecular weight is 619 g/mol. The molecule has 0 aromatic heterocycles. The molecular weight excluding hydrogens is 600 g/mol. The van der Waals surface area contributed by atoms with Crippen molar-refractivity contribution in [2.75, 3.05) is 0 Å². The molecule has 0 unspecified atom stereocenters. The molecule has 0 aliphatic rings. The zero-order chi connectivity index (χ0) is 30.2. The van der Waals surface area contributed by atoms with Crippen LogP contribution in [0.3, 0.4) is 0 Å². The van der Waals surface area contributed by atoms with Gasteiger partial charge in [0.2, 0.25) is 0 Å². The Hall–Kier alpha value is -4.32. The van der Waals surface area contributed by atoms with Crippen LogP contribution in [-0.4, -0.2) is 49.8 Å². The lowest BCUT2D eigenvalue weighted by molar-refractivity contribution is 0.104. The van der Waals surface area contributed by atoms with Gasteiger partial charge in [0.1, 0.15) is 15.5 Å². The van der Waals surface area contributed by atoms with Crippen molar-refractivity contribution >= 4 is 64.4 Å². The van der Waals surface area contributed by atoms with Crippen LogP contribution in [0.2, 0.25) is 0 Å². The van der Waals surface area contributed by atoms with Crippen molar-refractivity contribution in [2.24, 2.45) is 10.2 Å². The van der Waals surface area contributed by atoms with Gasteiger partial charge in [-0.2, -0.15) is 30.4 Å². The van der Waals surface area contributed by atoms with Crippen LogP contribution >= 0.6 is 0 Å². The van der Waals surface area contributed by atoms with Crippen LogP contribution in [0.4, 0.5) is 11.4 Å². The summed E-state index contributed by atoms with van der Waals surface area (Å²) >= 11 is 0. The minimum Gasteiger partial charge on any atom is -0.505 e. The van der Waals surface area contributed by atoms with Crippen LogP contribution in [0, 0.1) is 0 Å². The number of ketones is 1. The minimum absolute atomic E-state index is 0.106. The Kier molecular flexibility index (Phi) is 7.90. The first kappa shape index (κ1) is 29.7. The zero-order valence-corrected chi connectivity index (χ0v) is 22.8. The SMILES string of the molecule is O=C(/C=C/c1ccc(N=Nc2c(S(=O)(=O)O)cc3cc(S(=O)(=O)O)cc(S(=O)(=O)O)c3c2O)cc1)c1ccccc1. The molecule has 212 valence electrons. The highest BCUT2D eigenvalue weighted by molar-refractivity contribution is 7.87. The number of phenols is 1. The Morgan fingerprint density at radius 3 is 1.88 bits per heavy atom. The van der Waals surface area contributed by atoms with Crippen LogP contribution in [0.1, 0.15) is 15.9 Å². The maximum absolute atomic E-state index is 12.2. The highest BCUT2D eigenvalue weighted by Gasteiger charge is 2.28. The molecule has 16 heteroatoms. The lowest BCUT2D eigenvalue weighted by Gasteiger charge is -2.12. The van der Waals surface area contributed by atoms with Gasteiger partial charge in [-0.15, -0.1) is 5.11 Å². The summed E-state index contributed by atoms with van der Waals surface area (Å²) in [7, 11) is -15.5. The summed E-state index contributed by atoms with van der Waals surface area (Å²) in [6.07, 6.45) is 2.90. The van der Waals surface area contributed by atoms with E-state index in [9.17, 15) is 48.8 Å². The summed E-state index contributed by atoms with van der Waals surface area (Å²) < 4.78 is 100. The monoisotopic (exact) mass is 618 g/mol. The molecule has 0 saturated heterocycles. The molecule has 4 aromatic rings. The van der Waals surface area contributed by atoms with Crippen LogP contribution in [0.15, 0.2) is 104 Å². The second-order valence-electron chi connectivity index (χ2n) is 8.37. The van der Waals surface area contributed by atoms with Crippen molar-refractivity contribution in [1.29, 1.82) is 0 Å². The van der Waals surface area contributed by atoms with Crippen molar-refractivity contribution < 1.29 is 48.8 Å². The molecule has 4 aromatic carbocycles. The normalized spacial score (nSPS) is 12.9.